The molecule has 9 rings (SSSR count). The fourth-order valence-corrected chi connectivity index (χ4v) is 8.24. The number of benzene rings is 9. The van der Waals surface area contributed by atoms with Crippen molar-refractivity contribution in [3.63, 3.8) is 0 Å². The molecule has 0 atom stereocenters. The number of rotatable bonds is 4. The molecule has 0 heterocycles. The van der Waals surface area contributed by atoms with Gasteiger partial charge in [-0.15, -0.1) is 0 Å². The van der Waals surface area contributed by atoms with Crippen molar-refractivity contribution in [1.29, 1.82) is 0 Å². The van der Waals surface area contributed by atoms with E-state index in [4.69, 9.17) is 0 Å². The van der Waals surface area contributed by atoms with Gasteiger partial charge in [-0.2, -0.15) is 0 Å². The topological polar surface area (TPSA) is 80.9 Å². The standard InChI is InChI=1S/C46H28Br2O4/c47-33-11-15-37-31(23-33)9-19-41(51)45(37)43-35-13-5-27(21-29(35)7-17-39(43)49)25-1-2-26(4-3-25)28-6-14-36-30(22-28)8-18-40(50)44(36)46-38-16-12-34(48)24-32(38)10-20-42(46)52/h1-24,49-52H. The summed E-state index contributed by atoms with van der Waals surface area (Å²) in [6.07, 6.45) is 0. The maximum absolute atomic E-state index is 11.1. The molecular weight excluding hydrogens is 776 g/mol. The summed E-state index contributed by atoms with van der Waals surface area (Å²) in [6.45, 7) is 0. The van der Waals surface area contributed by atoms with Gasteiger partial charge >= 0.3 is 0 Å². The number of phenols is 4. The van der Waals surface area contributed by atoms with E-state index in [1.165, 1.54) is 0 Å². The quantitative estimate of drug-likeness (QED) is 0.143. The van der Waals surface area contributed by atoms with Crippen molar-refractivity contribution in [2.75, 3.05) is 0 Å². The molecular formula is C46H28Br2O4. The number of phenolic OH excluding ortho intramolecular Hbond substituents is 4. The Labute approximate surface area is 315 Å². The first kappa shape index (κ1) is 32.1. The van der Waals surface area contributed by atoms with Crippen molar-refractivity contribution >= 4 is 74.9 Å². The Morgan fingerprint density at radius 1 is 0.269 bits per heavy atom. The van der Waals surface area contributed by atoms with Gasteiger partial charge in [0.15, 0.2) is 0 Å². The summed E-state index contributed by atoms with van der Waals surface area (Å²) in [7, 11) is 0. The average molecular weight is 805 g/mol. The molecule has 0 aromatic heterocycles. The van der Waals surface area contributed by atoms with E-state index < -0.39 is 0 Å². The number of hydrogen-bond donors (Lipinski definition) is 4. The van der Waals surface area contributed by atoms with Crippen LogP contribution >= 0.6 is 31.9 Å². The molecule has 4 N–H and O–H groups in total. The van der Waals surface area contributed by atoms with Crippen LogP contribution in [0.25, 0.3) is 87.6 Å². The first-order valence-electron chi connectivity index (χ1n) is 16.7. The highest BCUT2D eigenvalue weighted by Gasteiger charge is 2.19. The molecule has 0 unspecified atom stereocenters. The van der Waals surface area contributed by atoms with E-state index in [1.54, 1.807) is 24.3 Å². The van der Waals surface area contributed by atoms with Gasteiger partial charge in [0.05, 0.1) is 0 Å². The molecule has 52 heavy (non-hydrogen) atoms. The summed E-state index contributed by atoms with van der Waals surface area (Å²) >= 11 is 7.08. The summed E-state index contributed by atoms with van der Waals surface area (Å²) in [6, 6.07) is 46.8. The molecule has 6 heteroatoms. The summed E-state index contributed by atoms with van der Waals surface area (Å²) in [4.78, 5) is 0. The number of aromatic hydroxyl groups is 4. The van der Waals surface area contributed by atoms with Crippen LogP contribution in [0.2, 0.25) is 0 Å². The zero-order chi connectivity index (χ0) is 35.7. The molecule has 0 aliphatic heterocycles. The highest BCUT2D eigenvalue weighted by atomic mass is 79.9. The predicted octanol–water partition coefficient (Wildman–Crippen LogP) is 13.3. The molecule has 0 fully saturated rings. The summed E-state index contributed by atoms with van der Waals surface area (Å²) in [5.41, 5.74) is 6.55. The van der Waals surface area contributed by atoms with Crippen LogP contribution in [0.4, 0.5) is 0 Å². The van der Waals surface area contributed by atoms with Crippen LogP contribution < -0.4 is 0 Å². The molecule has 0 bridgehead atoms. The highest BCUT2D eigenvalue weighted by Crippen LogP contribution is 2.47. The van der Waals surface area contributed by atoms with E-state index in [9.17, 15) is 20.4 Å². The Kier molecular flexibility index (Phi) is 7.69. The van der Waals surface area contributed by atoms with E-state index in [2.05, 4.69) is 68.3 Å². The lowest BCUT2D eigenvalue weighted by atomic mass is 9.90. The lowest BCUT2D eigenvalue weighted by Crippen LogP contribution is -1.88. The highest BCUT2D eigenvalue weighted by molar-refractivity contribution is 9.10. The van der Waals surface area contributed by atoms with Gasteiger partial charge in [0, 0.05) is 31.2 Å². The van der Waals surface area contributed by atoms with Crippen LogP contribution in [0.1, 0.15) is 0 Å². The largest absolute Gasteiger partial charge is 0.507 e. The van der Waals surface area contributed by atoms with E-state index in [0.29, 0.717) is 22.3 Å². The normalized spacial score (nSPS) is 11.6. The molecule has 0 saturated carbocycles. The van der Waals surface area contributed by atoms with E-state index in [-0.39, 0.29) is 23.0 Å². The Bertz CT molecular complexity index is 2720. The monoisotopic (exact) mass is 802 g/mol. The van der Waals surface area contributed by atoms with Crippen LogP contribution in [-0.4, -0.2) is 20.4 Å². The molecule has 9 aromatic rings. The van der Waals surface area contributed by atoms with Crippen LogP contribution in [0.3, 0.4) is 0 Å². The van der Waals surface area contributed by atoms with Crippen molar-refractivity contribution in [2.45, 2.75) is 0 Å². The van der Waals surface area contributed by atoms with Gasteiger partial charge in [0.1, 0.15) is 23.0 Å². The minimum atomic E-state index is 0.107. The first-order valence-corrected chi connectivity index (χ1v) is 18.3. The van der Waals surface area contributed by atoms with Gasteiger partial charge in [-0.1, -0.05) is 117 Å². The fraction of sp³-hybridized carbons (Fsp3) is 0. The summed E-state index contributed by atoms with van der Waals surface area (Å²) in [5.74, 6) is 0.434. The predicted molar refractivity (Wildman–Crippen MR) is 220 cm³/mol. The SMILES string of the molecule is Oc1ccc2cc(Br)ccc2c1-c1c(O)ccc2cc(-c3ccc(-c4ccc5c(-c6c(O)ccc7cc(Br)ccc67)c(O)ccc5c4)cc3)ccc12. The third kappa shape index (κ3) is 5.34. The Balaban J connectivity index is 1.08. The van der Waals surface area contributed by atoms with Gasteiger partial charge in [0.25, 0.3) is 0 Å². The van der Waals surface area contributed by atoms with Crippen LogP contribution in [0, 0.1) is 0 Å². The first-order chi connectivity index (χ1) is 25.2. The zero-order valence-electron chi connectivity index (χ0n) is 27.4. The van der Waals surface area contributed by atoms with Crippen molar-refractivity contribution in [2.24, 2.45) is 0 Å². The number of halogens is 2. The van der Waals surface area contributed by atoms with Crippen LogP contribution in [-0.2, 0) is 0 Å². The molecule has 0 saturated heterocycles. The van der Waals surface area contributed by atoms with Crippen molar-refractivity contribution in [3.8, 4) is 67.5 Å². The van der Waals surface area contributed by atoms with Crippen LogP contribution in [0.15, 0.2) is 155 Å². The molecule has 4 nitrogen and oxygen atoms in total. The van der Waals surface area contributed by atoms with Crippen molar-refractivity contribution < 1.29 is 20.4 Å². The van der Waals surface area contributed by atoms with E-state index in [0.717, 1.165) is 74.3 Å². The van der Waals surface area contributed by atoms with Gasteiger partial charge in [-0.05, 0) is 126 Å². The van der Waals surface area contributed by atoms with Crippen molar-refractivity contribution in [3.05, 3.63) is 155 Å². The Morgan fingerprint density at radius 2 is 0.538 bits per heavy atom. The van der Waals surface area contributed by atoms with Gasteiger partial charge in [-0.3, -0.25) is 0 Å². The second-order valence-corrected chi connectivity index (χ2v) is 14.9. The molecule has 0 amide bonds. The maximum atomic E-state index is 11.1. The minimum Gasteiger partial charge on any atom is -0.507 e. The lowest BCUT2D eigenvalue weighted by molar-refractivity contribution is 0.470. The second kappa shape index (κ2) is 12.4. The molecule has 0 aliphatic rings. The van der Waals surface area contributed by atoms with Gasteiger partial charge < -0.3 is 20.4 Å². The minimum absolute atomic E-state index is 0.107. The third-order valence-corrected chi connectivity index (χ3v) is 11.0. The third-order valence-electron chi connectivity index (χ3n) is 9.97. The number of hydrogen-bond acceptors (Lipinski definition) is 4. The Morgan fingerprint density at radius 3 is 0.865 bits per heavy atom. The maximum Gasteiger partial charge on any atom is 0.124 e. The van der Waals surface area contributed by atoms with E-state index in [1.807, 2.05) is 84.9 Å². The van der Waals surface area contributed by atoms with Gasteiger partial charge in [0.2, 0.25) is 0 Å². The average Bonchev–Trinajstić information content (AvgIpc) is 3.15. The molecule has 0 radical (unpaired) electrons. The van der Waals surface area contributed by atoms with Crippen molar-refractivity contribution in [1.82, 2.24) is 0 Å². The smallest absolute Gasteiger partial charge is 0.124 e. The summed E-state index contributed by atoms with van der Waals surface area (Å²) < 4.78 is 1.88. The fourth-order valence-electron chi connectivity index (χ4n) is 7.48. The molecule has 0 aliphatic carbocycles. The van der Waals surface area contributed by atoms with Gasteiger partial charge in [-0.25, -0.2) is 0 Å². The molecule has 9 aromatic carbocycles. The summed E-state index contributed by atoms with van der Waals surface area (Å²) in [5, 5.41) is 51.4. The number of fused-ring (bicyclic) bond motifs is 4. The molecule has 0 spiro atoms. The lowest BCUT2D eigenvalue weighted by Gasteiger charge is -2.15. The van der Waals surface area contributed by atoms with E-state index >= 15 is 0 Å². The molecule has 250 valence electrons. The zero-order valence-corrected chi connectivity index (χ0v) is 30.6. The Hall–Kier alpha value is -5.82. The van der Waals surface area contributed by atoms with Crippen LogP contribution in [0.5, 0.6) is 23.0 Å². The second-order valence-electron chi connectivity index (χ2n) is 13.0.